The van der Waals surface area contributed by atoms with Crippen LogP contribution in [-0.4, -0.2) is 51.1 Å². The second-order valence-electron chi connectivity index (χ2n) is 1.78. The molecule has 0 aromatic carbocycles. The van der Waals surface area contributed by atoms with Gasteiger partial charge in [0.2, 0.25) is 0 Å². The fraction of sp³-hybridized carbons (Fsp3) is 0. The summed E-state index contributed by atoms with van der Waals surface area (Å²) in [6.07, 6.45) is 0. The van der Waals surface area contributed by atoms with E-state index in [0.29, 0.717) is 0 Å². The van der Waals surface area contributed by atoms with Gasteiger partial charge in [-0.2, -0.15) is 0 Å². The predicted molar refractivity (Wildman–Crippen MR) is 37.9 cm³/mol. The van der Waals surface area contributed by atoms with Crippen molar-refractivity contribution in [1.29, 1.82) is 0 Å². The van der Waals surface area contributed by atoms with Crippen LogP contribution in [0.2, 0.25) is 0 Å². The minimum atomic E-state index is -2.07. The molecule has 0 aliphatic carbocycles. The SMILES string of the molecule is O=C([O-])C(=O)O.O=C([O-])C(=O)O.O=C([O-])C(=O)O.[Co].[K+].[K+].[K+]. The molecule has 0 rings (SSSR count). The van der Waals surface area contributed by atoms with Crippen LogP contribution in [0.3, 0.4) is 0 Å². The molecule has 16 heteroatoms. The van der Waals surface area contributed by atoms with Crippen LogP contribution >= 0.6 is 0 Å². The van der Waals surface area contributed by atoms with Crippen molar-refractivity contribution in [3.05, 3.63) is 0 Å². The van der Waals surface area contributed by atoms with Crippen LogP contribution in [-0.2, 0) is 45.5 Å². The number of carbonyl (C=O) groups excluding carboxylic acids is 3. The van der Waals surface area contributed by atoms with Crippen molar-refractivity contribution < 1.29 is 230 Å². The summed E-state index contributed by atoms with van der Waals surface area (Å²) in [5.41, 5.74) is 0. The molecule has 0 spiro atoms. The number of hydrogen-bond acceptors (Lipinski definition) is 9. The Hall–Kier alpha value is 2.24. The first-order valence-corrected chi connectivity index (χ1v) is 3.26. The van der Waals surface area contributed by atoms with Crippen LogP contribution in [0.4, 0.5) is 0 Å². The monoisotopic (exact) mass is 443 g/mol. The van der Waals surface area contributed by atoms with Crippen LogP contribution in [0.5, 0.6) is 0 Å². The maximum atomic E-state index is 9.04. The molecule has 0 heterocycles. The Labute approximate surface area is 259 Å². The Morgan fingerprint density at radius 2 is 0.545 bits per heavy atom. The Morgan fingerprint density at radius 1 is 0.500 bits per heavy atom. The molecule has 111 valence electrons. The van der Waals surface area contributed by atoms with Crippen molar-refractivity contribution in [2.24, 2.45) is 0 Å². The molecule has 0 atom stereocenters. The van der Waals surface area contributed by atoms with Crippen LogP contribution in [0.15, 0.2) is 0 Å². The molecule has 0 aliphatic rings. The zero-order valence-corrected chi connectivity index (χ0v) is 21.8. The van der Waals surface area contributed by atoms with Gasteiger partial charge in [-0.3, -0.25) is 0 Å². The van der Waals surface area contributed by atoms with Crippen molar-refractivity contribution in [2.45, 2.75) is 0 Å². The summed E-state index contributed by atoms with van der Waals surface area (Å²) in [7, 11) is 0. The van der Waals surface area contributed by atoms with Crippen molar-refractivity contribution >= 4 is 35.8 Å². The molecule has 0 amide bonds. The van der Waals surface area contributed by atoms with E-state index in [0.717, 1.165) is 0 Å². The molecule has 0 aromatic rings. The Bertz CT molecular complexity index is 290. The topological polar surface area (TPSA) is 232 Å². The molecule has 0 saturated carbocycles. The second kappa shape index (κ2) is 28.1. The zero-order valence-electron chi connectivity index (χ0n) is 11.3. The van der Waals surface area contributed by atoms with Crippen molar-refractivity contribution in [2.75, 3.05) is 0 Å². The molecule has 0 unspecified atom stereocenters. The summed E-state index contributed by atoms with van der Waals surface area (Å²) in [6, 6.07) is 0. The van der Waals surface area contributed by atoms with Gasteiger partial charge in [0.05, 0.1) is 0 Å². The van der Waals surface area contributed by atoms with Gasteiger partial charge in [-0.25, -0.2) is 14.4 Å². The van der Waals surface area contributed by atoms with E-state index in [9.17, 15) is 0 Å². The van der Waals surface area contributed by atoms with Crippen LogP contribution in [0.25, 0.3) is 0 Å². The van der Waals surface area contributed by atoms with E-state index < -0.39 is 35.8 Å². The average Bonchev–Trinajstić information content (AvgIpc) is 2.18. The third-order valence-corrected chi connectivity index (χ3v) is 0.524. The van der Waals surface area contributed by atoms with Gasteiger partial charge < -0.3 is 45.0 Å². The quantitative estimate of drug-likeness (QED) is 0.234. The fourth-order valence-corrected chi connectivity index (χ4v) is 0. The van der Waals surface area contributed by atoms with E-state index in [2.05, 4.69) is 0 Å². The summed E-state index contributed by atoms with van der Waals surface area (Å²) < 4.78 is 0. The third-order valence-electron chi connectivity index (χ3n) is 0.524. The van der Waals surface area contributed by atoms with Gasteiger partial charge in [-0.05, 0) is 0 Å². The van der Waals surface area contributed by atoms with Crippen LogP contribution in [0, 0.1) is 0 Å². The van der Waals surface area contributed by atoms with Gasteiger partial charge in [0.15, 0.2) is 17.9 Å². The van der Waals surface area contributed by atoms with E-state index >= 15 is 0 Å². The molecule has 0 fully saturated rings. The summed E-state index contributed by atoms with van der Waals surface area (Å²) >= 11 is 0. The Balaban J connectivity index is -0.0000000281. The molecule has 12 nitrogen and oxygen atoms in total. The summed E-state index contributed by atoms with van der Waals surface area (Å²) in [6.45, 7) is 0. The first-order chi connectivity index (χ1) is 7.93. The molecule has 1 radical (unpaired) electrons. The maximum absolute atomic E-state index is 9.04. The van der Waals surface area contributed by atoms with Gasteiger partial charge in [-0.1, -0.05) is 0 Å². The van der Waals surface area contributed by atoms with E-state index in [-0.39, 0.29) is 171 Å². The summed E-state index contributed by atoms with van der Waals surface area (Å²) in [5.74, 6) is -12.0. The molecular weight excluding hydrogens is 440 g/mol. The van der Waals surface area contributed by atoms with E-state index in [4.69, 9.17) is 59.4 Å². The largest absolute Gasteiger partial charge is 1.00 e. The van der Waals surface area contributed by atoms with E-state index in [1.54, 1.807) is 0 Å². The van der Waals surface area contributed by atoms with Gasteiger partial charge in [0, 0.05) is 16.8 Å². The van der Waals surface area contributed by atoms with Gasteiger partial charge in [-0.15, -0.1) is 0 Å². The third kappa shape index (κ3) is 49.5. The Kier molecular flexibility index (Phi) is 56.2. The molecular formula is C6H3CoK3O12. The molecule has 3 N–H and O–H groups in total. The summed E-state index contributed by atoms with van der Waals surface area (Å²) in [5, 5.41) is 49.0. The second-order valence-corrected chi connectivity index (χ2v) is 1.78. The van der Waals surface area contributed by atoms with Crippen LogP contribution < -0.4 is 169 Å². The number of carboxylic acid groups (broad SMARTS) is 6. The van der Waals surface area contributed by atoms with E-state index in [1.165, 1.54) is 0 Å². The summed E-state index contributed by atoms with van der Waals surface area (Å²) in [4.78, 5) is 54.1. The van der Waals surface area contributed by atoms with Crippen LogP contribution in [0.1, 0.15) is 0 Å². The minimum Gasteiger partial charge on any atom is -0.539 e. The van der Waals surface area contributed by atoms with Gasteiger partial charge >= 0.3 is 172 Å². The number of rotatable bonds is 0. The normalized spacial score (nSPS) is 6.00. The number of carbonyl (C=O) groups is 6. The number of carboxylic acids is 6. The molecule has 0 aromatic heterocycles. The first kappa shape index (κ1) is 44.0. The molecule has 0 bridgehead atoms. The number of hydrogen-bond donors (Lipinski definition) is 3. The predicted octanol–water partition coefficient (Wildman–Crippen LogP) is -15.5. The Morgan fingerprint density at radius 3 is 0.545 bits per heavy atom. The fourth-order valence-electron chi connectivity index (χ4n) is 0. The van der Waals surface area contributed by atoms with Gasteiger partial charge in [0.25, 0.3) is 0 Å². The molecule has 22 heavy (non-hydrogen) atoms. The first-order valence-electron chi connectivity index (χ1n) is 3.26. The minimum absolute atomic E-state index is 0. The zero-order chi connectivity index (χ0) is 15.5. The van der Waals surface area contributed by atoms with Gasteiger partial charge in [0.1, 0.15) is 0 Å². The maximum Gasteiger partial charge on any atom is 1.00 e. The molecule has 0 saturated heterocycles. The van der Waals surface area contributed by atoms with E-state index in [1.807, 2.05) is 0 Å². The number of aliphatic carboxylic acids is 6. The smallest absolute Gasteiger partial charge is 0.539 e. The van der Waals surface area contributed by atoms with Crippen molar-refractivity contribution in [1.82, 2.24) is 0 Å². The standard InChI is InChI=1S/3C2H2O4.Co.3K/c3*3-1(4)2(5)6;;;;/h3*(H,3,4)(H,5,6);;;;/q;;;;3*+1/p-3. The average molecular weight is 443 g/mol. The molecule has 0 aliphatic heterocycles. The van der Waals surface area contributed by atoms with Crippen molar-refractivity contribution in [3.63, 3.8) is 0 Å². The van der Waals surface area contributed by atoms with Crippen molar-refractivity contribution in [3.8, 4) is 0 Å².